The van der Waals surface area contributed by atoms with Crippen LogP contribution in [-0.2, 0) is 19.6 Å². The van der Waals surface area contributed by atoms with Gasteiger partial charge < -0.3 is 10.5 Å². The van der Waals surface area contributed by atoms with Gasteiger partial charge in [0.25, 0.3) is 0 Å². The maximum Gasteiger partial charge on any atom is 0.306 e. The summed E-state index contributed by atoms with van der Waals surface area (Å²) in [6, 6.07) is 0.0570. The number of hydrogen-bond acceptors (Lipinski definition) is 5. The lowest BCUT2D eigenvalue weighted by Crippen LogP contribution is -2.48. The number of nitrogens with zero attached hydrogens (tertiary/aromatic N) is 1. The molecule has 0 radical (unpaired) electrons. The van der Waals surface area contributed by atoms with Gasteiger partial charge in [0, 0.05) is 19.1 Å². The molecule has 0 aliphatic carbocycles. The number of ether oxygens (including phenoxy) is 1. The van der Waals surface area contributed by atoms with Crippen LogP contribution in [0.4, 0.5) is 0 Å². The van der Waals surface area contributed by atoms with Gasteiger partial charge in [0.05, 0.1) is 18.8 Å². The first-order chi connectivity index (χ1) is 8.36. The number of rotatable bonds is 5. The molecule has 1 fully saturated rings. The normalized spacial score (nSPS) is 25.9. The number of hydrogen-bond donors (Lipinski definition) is 1. The number of carbonyl (C=O) groups excluding carboxylic acids is 1. The van der Waals surface area contributed by atoms with Crippen molar-refractivity contribution in [3.8, 4) is 0 Å². The molecule has 0 aromatic rings. The van der Waals surface area contributed by atoms with E-state index in [1.54, 1.807) is 6.92 Å². The summed E-state index contributed by atoms with van der Waals surface area (Å²) in [4.78, 5) is 11.2. The van der Waals surface area contributed by atoms with Gasteiger partial charge >= 0.3 is 5.97 Å². The molecule has 6 nitrogen and oxygen atoms in total. The fraction of sp³-hybridized carbons (Fsp3) is 0.909. The molecule has 1 saturated heterocycles. The average Bonchev–Trinajstić information content (AvgIpc) is 2.30. The van der Waals surface area contributed by atoms with Gasteiger partial charge in [-0.05, 0) is 19.3 Å². The van der Waals surface area contributed by atoms with Crippen LogP contribution in [0.25, 0.3) is 0 Å². The van der Waals surface area contributed by atoms with Crippen LogP contribution in [0.1, 0.15) is 26.7 Å². The minimum absolute atomic E-state index is 0.0570. The molecule has 7 heteroatoms. The minimum atomic E-state index is -3.38. The molecule has 0 spiro atoms. The Morgan fingerprint density at radius 3 is 2.72 bits per heavy atom. The molecule has 0 saturated carbocycles. The lowest BCUT2D eigenvalue weighted by Gasteiger charge is -2.34. The average molecular weight is 278 g/mol. The Hall–Kier alpha value is -0.660. The summed E-state index contributed by atoms with van der Waals surface area (Å²) < 4.78 is 30.2. The monoisotopic (exact) mass is 278 g/mol. The molecule has 1 aliphatic rings. The van der Waals surface area contributed by atoms with Crippen LogP contribution in [0.15, 0.2) is 0 Å². The van der Waals surface area contributed by atoms with Crippen LogP contribution in [0.5, 0.6) is 0 Å². The van der Waals surface area contributed by atoms with Crippen molar-refractivity contribution >= 4 is 16.0 Å². The summed E-state index contributed by atoms with van der Waals surface area (Å²) in [5.74, 6) is -0.507. The van der Waals surface area contributed by atoms with Crippen molar-refractivity contribution in [3.05, 3.63) is 0 Å². The number of sulfonamides is 1. The molecular weight excluding hydrogens is 256 g/mol. The lowest BCUT2D eigenvalue weighted by molar-refractivity contribution is -0.142. The highest BCUT2D eigenvalue weighted by Crippen LogP contribution is 2.18. The second kappa shape index (κ2) is 6.49. The van der Waals surface area contributed by atoms with Crippen molar-refractivity contribution in [2.75, 3.05) is 25.4 Å². The zero-order valence-corrected chi connectivity index (χ0v) is 11.8. The first-order valence-corrected chi connectivity index (χ1v) is 7.86. The second-order valence-electron chi connectivity index (χ2n) is 4.66. The standard InChI is InChI=1S/C11H22N2O4S/c1-3-17-11(14)5-7-18(15,16)13-6-4-10(12)9(2)8-13/h9-10H,3-8,12H2,1-2H3. The summed E-state index contributed by atoms with van der Waals surface area (Å²) in [7, 11) is -3.38. The Morgan fingerprint density at radius 2 is 2.17 bits per heavy atom. The van der Waals surface area contributed by atoms with Crippen molar-refractivity contribution in [1.29, 1.82) is 0 Å². The molecule has 2 atom stereocenters. The van der Waals surface area contributed by atoms with E-state index in [0.29, 0.717) is 19.5 Å². The summed E-state index contributed by atoms with van der Waals surface area (Å²) in [5, 5.41) is 0. The van der Waals surface area contributed by atoms with E-state index >= 15 is 0 Å². The summed E-state index contributed by atoms with van der Waals surface area (Å²) in [6.07, 6.45) is 0.576. The van der Waals surface area contributed by atoms with Gasteiger partial charge in [0.15, 0.2) is 0 Å². The Balaban J connectivity index is 2.51. The zero-order valence-electron chi connectivity index (χ0n) is 11.0. The third-order valence-corrected chi connectivity index (χ3v) is 5.04. The van der Waals surface area contributed by atoms with Gasteiger partial charge in [0.1, 0.15) is 0 Å². The molecule has 18 heavy (non-hydrogen) atoms. The van der Waals surface area contributed by atoms with Gasteiger partial charge in [-0.3, -0.25) is 4.79 Å². The third kappa shape index (κ3) is 4.22. The Kier molecular flexibility index (Phi) is 5.55. The number of nitrogens with two attached hydrogens (primary N) is 1. The zero-order chi connectivity index (χ0) is 13.8. The van der Waals surface area contributed by atoms with Crippen LogP contribution >= 0.6 is 0 Å². The molecule has 0 bridgehead atoms. The van der Waals surface area contributed by atoms with E-state index in [1.807, 2.05) is 6.92 Å². The Labute approximate surface area is 109 Å². The highest BCUT2D eigenvalue weighted by molar-refractivity contribution is 7.89. The number of carbonyl (C=O) groups is 1. The van der Waals surface area contributed by atoms with E-state index in [-0.39, 0.29) is 30.7 Å². The van der Waals surface area contributed by atoms with Gasteiger partial charge in [-0.15, -0.1) is 0 Å². The predicted octanol–water partition coefficient (Wildman–Crippen LogP) is -0.0615. The SMILES string of the molecule is CCOC(=O)CCS(=O)(=O)N1CCC(N)C(C)C1. The van der Waals surface area contributed by atoms with Crippen molar-refractivity contribution in [2.45, 2.75) is 32.7 Å². The number of piperidine rings is 1. The molecule has 1 heterocycles. The first kappa shape index (κ1) is 15.4. The maximum absolute atomic E-state index is 12.0. The molecule has 106 valence electrons. The van der Waals surface area contributed by atoms with Gasteiger partial charge in [-0.1, -0.05) is 6.92 Å². The Morgan fingerprint density at radius 1 is 1.50 bits per heavy atom. The van der Waals surface area contributed by atoms with Crippen molar-refractivity contribution in [3.63, 3.8) is 0 Å². The molecule has 2 unspecified atom stereocenters. The Bertz CT molecular complexity index is 383. The van der Waals surface area contributed by atoms with Crippen LogP contribution in [-0.4, -0.2) is 50.2 Å². The van der Waals surface area contributed by atoms with E-state index in [1.165, 1.54) is 4.31 Å². The molecule has 2 N–H and O–H groups in total. The topological polar surface area (TPSA) is 89.7 Å². The molecule has 0 aromatic heterocycles. The molecule has 0 amide bonds. The van der Waals surface area contributed by atoms with Crippen molar-refractivity contribution in [2.24, 2.45) is 11.7 Å². The minimum Gasteiger partial charge on any atom is -0.466 e. The van der Waals surface area contributed by atoms with Crippen LogP contribution in [0.2, 0.25) is 0 Å². The molecule has 1 rings (SSSR count). The third-order valence-electron chi connectivity index (χ3n) is 3.20. The van der Waals surface area contributed by atoms with Crippen molar-refractivity contribution in [1.82, 2.24) is 4.31 Å². The van der Waals surface area contributed by atoms with Crippen molar-refractivity contribution < 1.29 is 17.9 Å². The summed E-state index contributed by atoms with van der Waals surface area (Å²) >= 11 is 0. The largest absolute Gasteiger partial charge is 0.466 e. The fourth-order valence-corrected chi connectivity index (χ4v) is 3.48. The van der Waals surface area contributed by atoms with E-state index in [2.05, 4.69) is 0 Å². The molecular formula is C11H22N2O4S. The summed E-state index contributed by atoms with van der Waals surface area (Å²) in [6.45, 7) is 4.79. The quantitative estimate of drug-likeness (QED) is 0.711. The van der Waals surface area contributed by atoms with Gasteiger partial charge in [0.2, 0.25) is 10.0 Å². The van der Waals surface area contributed by atoms with E-state index in [0.717, 1.165) is 0 Å². The van der Waals surface area contributed by atoms with Crippen LogP contribution < -0.4 is 5.73 Å². The van der Waals surface area contributed by atoms with Gasteiger partial charge in [-0.2, -0.15) is 0 Å². The van der Waals surface area contributed by atoms with Gasteiger partial charge in [-0.25, -0.2) is 12.7 Å². The first-order valence-electron chi connectivity index (χ1n) is 6.26. The highest BCUT2D eigenvalue weighted by Gasteiger charge is 2.31. The van der Waals surface area contributed by atoms with E-state index in [4.69, 9.17) is 10.5 Å². The van der Waals surface area contributed by atoms with Crippen LogP contribution in [0.3, 0.4) is 0 Å². The molecule has 0 aromatic carbocycles. The summed E-state index contributed by atoms with van der Waals surface area (Å²) in [5.41, 5.74) is 5.85. The second-order valence-corrected chi connectivity index (χ2v) is 6.75. The van der Waals surface area contributed by atoms with Crippen LogP contribution in [0, 0.1) is 5.92 Å². The molecule has 1 aliphatic heterocycles. The number of esters is 1. The van der Waals surface area contributed by atoms with E-state index in [9.17, 15) is 13.2 Å². The smallest absolute Gasteiger partial charge is 0.306 e. The predicted molar refractivity (Wildman–Crippen MR) is 68.4 cm³/mol. The fourth-order valence-electron chi connectivity index (χ4n) is 1.95. The highest BCUT2D eigenvalue weighted by atomic mass is 32.2. The van der Waals surface area contributed by atoms with E-state index < -0.39 is 16.0 Å². The lowest BCUT2D eigenvalue weighted by atomic mass is 9.96. The maximum atomic E-state index is 12.0.